The molecule has 3 aliphatic rings. The topological polar surface area (TPSA) is 76.5 Å². The maximum atomic E-state index is 12.9. The highest BCUT2D eigenvalue weighted by Crippen LogP contribution is 2.25. The quantitative estimate of drug-likeness (QED) is 0.731. The van der Waals surface area contributed by atoms with Crippen LogP contribution in [0.2, 0.25) is 0 Å². The number of nitrogens with zero attached hydrogens (tertiary/aromatic N) is 4. The van der Waals surface area contributed by atoms with E-state index in [-0.39, 0.29) is 24.3 Å². The Hall–Kier alpha value is -1.63. The molecule has 1 atom stereocenters. The van der Waals surface area contributed by atoms with Crippen molar-refractivity contribution in [2.75, 3.05) is 32.7 Å². The van der Waals surface area contributed by atoms with E-state index in [0.29, 0.717) is 18.9 Å². The molecule has 7 heteroatoms. The van der Waals surface area contributed by atoms with Crippen LogP contribution >= 0.6 is 0 Å². The van der Waals surface area contributed by atoms with Crippen molar-refractivity contribution in [2.45, 2.75) is 83.7 Å². The Morgan fingerprint density at radius 2 is 1.72 bits per heavy atom. The van der Waals surface area contributed by atoms with Gasteiger partial charge in [-0.05, 0) is 51.1 Å². The average molecular weight is 407 g/mol. The van der Waals surface area contributed by atoms with Crippen molar-refractivity contribution in [3.05, 3.63) is 0 Å². The first kappa shape index (κ1) is 22.1. The molecule has 164 valence electrons. The third kappa shape index (κ3) is 5.93. The molecule has 3 fully saturated rings. The van der Waals surface area contributed by atoms with Gasteiger partial charge in [-0.15, -0.1) is 0 Å². The molecule has 1 amide bonds. The highest BCUT2D eigenvalue weighted by atomic mass is 16.4. The number of hydrogen-bond acceptors (Lipinski definition) is 4. The molecule has 29 heavy (non-hydrogen) atoms. The fourth-order valence-corrected chi connectivity index (χ4v) is 4.84. The SMILES string of the molecule is CC(C)C[C@H]1C(=O)CN(CCN2CCCCC2)C(=NC2CCCCC2)N1C(=O)O. The zero-order valence-corrected chi connectivity index (χ0v) is 18.2. The van der Waals surface area contributed by atoms with Crippen LogP contribution in [-0.2, 0) is 4.79 Å². The maximum Gasteiger partial charge on any atom is 0.414 e. The minimum Gasteiger partial charge on any atom is -0.465 e. The number of guanidine groups is 1. The third-order valence-corrected chi connectivity index (χ3v) is 6.44. The van der Waals surface area contributed by atoms with E-state index in [4.69, 9.17) is 4.99 Å². The molecule has 7 nitrogen and oxygen atoms in total. The Balaban J connectivity index is 1.82. The molecular weight excluding hydrogens is 368 g/mol. The van der Waals surface area contributed by atoms with Gasteiger partial charge in [-0.3, -0.25) is 4.79 Å². The molecular formula is C22H38N4O3. The molecule has 0 unspecified atom stereocenters. The van der Waals surface area contributed by atoms with Gasteiger partial charge in [0.15, 0.2) is 5.78 Å². The Labute approximate surface area is 175 Å². The number of carbonyl (C=O) groups excluding carboxylic acids is 1. The van der Waals surface area contributed by atoms with Crippen molar-refractivity contribution in [1.82, 2.24) is 14.7 Å². The number of hydrogen-bond donors (Lipinski definition) is 1. The third-order valence-electron chi connectivity index (χ3n) is 6.44. The van der Waals surface area contributed by atoms with Gasteiger partial charge in [-0.25, -0.2) is 14.7 Å². The van der Waals surface area contributed by atoms with Crippen LogP contribution in [0.3, 0.4) is 0 Å². The summed E-state index contributed by atoms with van der Waals surface area (Å²) in [4.78, 5) is 35.8. The van der Waals surface area contributed by atoms with E-state index >= 15 is 0 Å². The second-order valence-corrected chi connectivity index (χ2v) is 9.31. The molecule has 1 N–H and O–H groups in total. The van der Waals surface area contributed by atoms with Gasteiger partial charge in [0.25, 0.3) is 0 Å². The normalized spacial score (nSPS) is 26.5. The smallest absolute Gasteiger partial charge is 0.414 e. The summed E-state index contributed by atoms with van der Waals surface area (Å²) in [6.45, 7) is 8.06. The highest BCUT2D eigenvalue weighted by Gasteiger charge is 2.42. The minimum absolute atomic E-state index is 0.00217. The lowest BCUT2D eigenvalue weighted by molar-refractivity contribution is -0.125. The van der Waals surface area contributed by atoms with Crippen LogP contribution in [0.4, 0.5) is 4.79 Å². The molecule has 2 saturated heterocycles. The monoisotopic (exact) mass is 406 g/mol. The van der Waals surface area contributed by atoms with Gasteiger partial charge < -0.3 is 14.9 Å². The van der Waals surface area contributed by atoms with Crippen molar-refractivity contribution in [1.29, 1.82) is 0 Å². The van der Waals surface area contributed by atoms with Crippen molar-refractivity contribution in [2.24, 2.45) is 10.9 Å². The Morgan fingerprint density at radius 3 is 2.34 bits per heavy atom. The second kappa shape index (κ2) is 10.4. The molecule has 3 rings (SSSR count). The summed E-state index contributed by atoms with van der Waals surface area (Å²) in [5.41, 5.74) is 0. The van der Waals surface area contributed by atoms with Crippen LogP contribution in [0, 0.1) is 5.92 Å². The summed E-state index contributed by atoms with van der Waals surface area (Å²) in [6, 6.07) is -0.438. The summed E-state index contributed by atoms with van der Waals surface area (Å²) in [5.74, 6) is 0.774. The van der Waals surface area contributed by atoms with E-state index in [9.17, 15) is 14.7 Å². The van der Waals surface area contributed by atoms with Gasteiger partial charge in [0.2, 0.25) is 5.96 Å². The molecule has 1 aliphatic carbocycles. The van der Waals surface area contributed by atoms with Crippen LogP contribution in [0.1, 0.15) is 71.6 Å². The average Bonchev–Trinajstić information content (AvgIpc) is 2.70. The van der Waals surface area contributed by atoms with Crippen LogP contribution < -0.4 is 0 Å². The van der Waals surface area contributed by atoms with Crippen molar-refractivity contribution in [3.63, 3.8) is 0 Å². The van der Waals surface area contributed by atoms with E-state index in [0.717, 1.165) is 45.3 Å². The maximum absolute atomic E-state index is 12.9. The number of aliphatic imine (C=N–C) groups is 1. The van der Waals surface area contributed by atoms with Gasteiger partial charge in [0.05, 0.1) is 12.6 Å². The summed E-state index contributed by atoms with van der Waals surface area (Å²) in [6.07, 6.45) is 8.79. The largest absolute Gasteiger partial charge is 0.465 e. The first-order valence-electron chi connectivity index (χ1n) is 11.6. The number of amides is 1. The van der Waals surface area contributed by atoms with E-state index in [1.54, 1.807) is 0 Å². The van der Waals surface area contributed by atoms with Crippen LogP contribution in [0.5, 0.6) is 0 Å². The summed E-state index contributed by atoms with van der Waals surface area (Å²) in [5, 5.41) is 10.0. The molecule has 0 aromatic rings. The molecule has 2 heterocycles. The van der Waals surface area contributed by atoms with Gasteiger partial charge in [-0.2, -0.15) is 0 Å². The van der Waals surface area contributed by atoms with Crippen molar-refractivity contribution in [3.8, 4) is 0 Å². The molecule has 2 aliphatic heterocycles. The number of rotatable bonds is 6. The zero-order chi connectivity index (χ0) is 20.8. The Morgan fingerprint density at radius 1 is 1.07 bits per heavy atom. The summed E-state index contributed by atoms with van der Waals surface area (Å²) < 4.78 is 0. The number of carbonyl (C=O) groups is 2. The van der Waals surface area contributed by atoms with E-state index in [1.807, 2.05) is 18.7 Å². The first-order chi connectivity index (χ1) is 14.0. The molecule has 0 aromatic heterocycles. The minimum atomic E-state index is -1.05. The van der Waals surface area contributed by atoms with Crippen LogP contribution in [0.25, 0.3) is 0 Å². The fourth-order valence-electron chi connectivity index (χ4n) is 4.84. The van der Waals surface area contributed by atoms with E-state index < -0.39 is 12.1 Å². The van der Waals surface area contributed by atoms with E-state index in [2.05, 4.69) is 4.90 Å². The first-order valence-corrected chi connectivity index (χ1v) is 11.6. The number of carboxylic acid groups (broad SMARTS) is 1. The molecule has 0 spiro atoms. The molecule has 0 bridgehead atoms. The number of likely N-dealkylation sites (tertiary alicyclic amines) is 1. The van der Waals surface area contributed by atoms with Gasteiger partial charge in [0.1, 0.15) is 6.04 Å². The lowest BCUT2D eigenvalue weighted by Crippen LogP contribution is -2.63. The van der Waals surface area contributed by atoms with Crippen molar-refractivity contribution < 1.29 is 14.7 Å². The lowest BCUT2D eigenvalue weighted by Gasteiger charge is -2.42. The number of piperidine rings is 1. The number of Topliss-reactive ketones (excluding diaryl/α,β-unsaturated/α-hetero) is 1. The summed E-state index contributed by atoms with van der Waals surface area (Å²) in [7, 11) is 0. The summed E-state index contributed by atoms with van der Waals surface area (Å²) >= 11 is 0. The lowest BCUT2D eigenvalue weighted by atomic mass is 9.95. The molecule has 0 aromatic carbocycles. The van der Waals surface area contributed by atoms with E-state index in [1.165, 1.54) is 30.6 Å². The number of ketones is 1. The van der Waals surface area contributed by atoms with Crippen LogP contribution in [-0.4, -0.2) is 82.4 Å². The van der Waals surface area contributed by atoms with Gasteiger partial charge in [0, 0.05) is 13.1 Å². The fraction of sp³-hybridized carbons (Fsp3) is 0.864. The molecule has 0 radical (unpaired) electrons. The molecule has 1 saturated carbocycles. The van der Waals surface area contributed by atoms with Crippen molar-refractivity contribution >= 4 is 17.8 Å². The predicted octanol–water partition coefficient (Wildman–Crippen LogP) is 3.44. The Bertz CT molecular complexity index is 595. The predicted molar refractivity (Wildman–Crippen MR) is 114 cm³/mol. The highest BCUT2D eigenvalue weighted by molar-refractivity contribution is 6.04. The van der Waals surface area contributed by atoms with Crippen LogP contribution in [0.15, 0.2) is 4.99 Å². The Kier molecular flexibility index (Phi) is 7.92. The van der Waals surface area contributed by atoms with Gasteiger partial charge >= 0.3 is 6.09 Å². The zero-order valence-electron chi connectivity index (χ0n) is 18.2. The second-order valence-electron chi connectivity index (χ2n) is 9.31. The standard InChI is InChI=1S/C22H38N4O3/c1-17(2)15-19-20(27)16-25(14-13-24-11-7-4-8-12-24)21(26(19)22(28)29)23-18-9-5-3-6-10-18/h17-19H,3-16H2,1-2H3,(H,28,29)/t19-/m0/s1. The van der Waals surface area contributed by atoms with Gasteiger partial charge in [-0.1, -0.05) is 39.5 Å².